The van der Waals surface area contributed by atoms with Gasteiger partial charge in [-0.25, -0.2) is 4.57 Å². The van der Waals surface area contributed by atoms with Crippen LogP contribution in [0.3, 0.4) is 0 Å². The highest BCUT2D eigenvalue weighted by Crippen LogP contribution is 2.26. The molecule has 0 saturated carbocycles. The Bertz CT molecular complexity index is 914. The van der Waals surface area contributed by atoms with E-state index in [1.807, 2.05) is 6.20 Å². The smallest absolute Gasteiger partial charge is 0.387 e. The molecular formula is C22H21BrF4N2O2. The maximum atomic E-state index is 12.4. The van der Waals surface area contributed by atoms with Gasteiger partial charge in [-0.05, 0) is 67.8 Å². The van der Waals surface area contributed by atoms with E-state index in [2.05, 4.69) is 18.6 Å². The number of ether oxygens (including phenoxy) is 2. The number of benzene rings is 2. The van der Waals surface area contributed by atoms with E-state index in [0.29, 0.717) is 0 Å². The van der Waals surface area contributed by atoms with Crippen LogP contribution in [0.15, 0.2) is 54.7 Å². The summed E-state index contributed by atoms with van der Waals surface area (Å²) in [6.45, 7) is -4.88. The van der Waals surface area contributed by atoms with Gasteiger partial charge in [-0.15, -0.1) is 0 Å². The molecule has 0 saturated heterocycles. The summed E-state index contributed by atoms with van der Waals surface area (Å²) in [5, 5.41) is 0. The van der Waals surface area contributed by atoms with Gasteiger partial charge < -0.3 is 26.5 Å². The van der Waals surface area contributed by atoms with Gasteiger partial charge in [0.05, 0.1) is 6.54 Å². The molecule has 0 aliphatic carbocycles. The largest absolute Gasteiger partial charge is 1.00 e. The van der Waals surface area contributed by atoms with Crippen molar-refractivity contribution in [2.45, 2.75) is 45.5 Å². The van der Waals surface area contributed by atoms with E-state index in [1.54, 1.807) is 24.3 Å². The fraction of sp³-hybridized carbons (Fsp3) is 0.318. The lowest BCUT2D eigenvalue weighted by Gasteiger charge is -2.06. The number of fused-ring (bicyclic) bond motifs is 1. The molecule has 0 atom stereocenters. The number of imidazole rings is 1. The van der Waals surface area contributed by atoms with Crippen molar-refractivity contribution >= 4 is 0 Å². The van der Waals surface area contributed by atoms with Crippen molar-refractivity contribution in [1.29, 1.82) is 0 Å². The van der Waals surface area contributed by atoms with Crippen LogP contribution in [0, 0.1) is 0 Å². The SMILES string of the molecule is FC(F)Oc1ccc(-c2cn(-c3ccc(OC(F)F)cc3)c3[n+]2CCCCC3)cc1.[Br-]. The third kappa shape index (κ3) is 5.39. The van der Waals surface area contributed by atoms with Crippen LogP contribution in [0.4, 0.5) is 17.6 Å². The van der Waals surface area contributed by atoms with Crippen LogP contribution in [0.2, 0.25) is 0 Å². The quantitative estimate of drug-likeness (QED) is 0.384. The Morgan fingerprint density at radius 1 is 0.774 bits per heavy atom. The van der Waals surface area contributed by atoms with Crippen LogP contribution in [-0.4, -0.2) is 17.8 Å². The van der Waals surface area contributed by atoms with Crippen LogP contribution < -0.4 is 31.0 Å². The van der Waals surface area contributed by atoms with Gasteiger partial charge in [0.15, 0.2) is 5.69 Å². The second-order valence-electron chi connectivity index (χ2n) is 7.04. The summed E-state index contributed by atoms with van der Waals surface area (Å²) >= 11 is 0. The van der Waals surface area contributed by atoms with E-state index in [-0.39, 0.29) is 28.5 Å². The van der Waals surface area contributed by atoms with Gasteiger partial charge in [0, 0.05) is 12.0 Å². The zero-order valence-corrected chi connectivity index (χ0v) is 18.1. The van der Waals surface area contributed by atoms with Crippen molar-refractivity contribution in [3.8, 4) is 28.4 Å². The number of hydrogen-bond donors (Lipinski definition) is 0. The molecule has 4 rings (SSSR count). The van der Waals surface area contributed by atoms with E-state index in [4.69, 9.17) is 0 Å². The Morgan fingerprint density at radius 3 is 1.94 bits per heavy atom. The van der Waals surface area contributed by atoms with E-state index < -0.39 is 13.2 Å². The van der Waals surface area contributed by atoms with Gasteiger partial charge in [-0.2, -0.15) is 22.1 Å². The molecule has 31 heavy (non-hydrogen) atoms. The first-order valence-electron chi connectivity index (χ1n) is 9.76. The first kappa shape index (κ1) is 23.1. The molecule has 0 unspecified atom stereocenters. The molecule has 3 aromatic rings. The van der Waals surface area contributed by atoms with Gasteiger partial charge in [0.1, 0.15) is 23.4 Å². The zero-order valence-electron chi connectivity index (χ0n) is 16.5. The molecule has 0 amide bonds. The molecule has 0 bridgehead atoms. The predicted octanol–water partition coefficient (Wildman–Crippen LogP) is 2.37. The number of halogens is 5. The van der Waals surface area contributed by atoms with E-state index in [1.165, 1.54) is 24.3 Å². The number of alkyl halides is 4. The van der Waals surface area contributed by atoms with Crippen molar-refractivity contribution in [3.63, 3.8) is 0 Å². The molecule has 9 heteroatoms. The van der Waals surface area contributed by atoms with Crippen molar-refractivity contribution in [2.75, 3.05) is 0 Å². The minimum atomic E-state index is -2.86. The number of nitrogens with zero attached hydrogens (tertiary/aromatic N) is 2. The van der Waals surface area contributed by atoms with Gasteiger partial charge in [-0.1, -0.05) is 0 Å². The standard InChI is InChI=1S/C22H21F4N2O2.BrH/c23-21(24)29-17-9-5-15(6-10-17)19-14-28(20-4-2-1-3-13-27(19)20)16-7-11-18(12-8-16)30-22(25)26;/h5-12,14,21-22H,1-4,13H2;1H/q+1;/p-1. The topological polar surface area (TPSA) is 27.3 Å². The maximum absolute atomic E-state index is 12.4. The second-order valence-corrected chi connectivity index (χ2v) is 7.04. The van der Waals surface area contributed by atoms with Gasteiger partial charge in [0.25, 0.3) is 5.82 Å². The fourth-order valence-corrected chi connectivity index (χ4v) is 3.82. The highest BCUT2D eigenvalue weighted by Gasteiger charge is 2.27. The summed E-state index contributed by atoms with van der Waals surface area (Å²) in [5.41, 5.74) is 2.69. The minimum Gasteiger partial charge on any atom is -1.00 e. The number of aromatic nitrogens is 2. The average molecular weight is 501 g/mol. The van der Waals surface area contributed by atoms with Gasteiger partial charge in [-0.3, -0.25) is 0 Å². The summed E-state index contributed by atoms with van der Waals surface area (Å²) < 4.78 is 62.9. The van der Waals surface area contributed by atoms with Crippen molar-refractivity contribution in [2.24, 2.45) is 0 Å². The lowest BCUT2D eigenvalue weighted by atomic mass is 10.1. The summed E-state index contributed by atoms with van der Waals surface area (Å²) in [7, 11) is 0. The molecule has 1 aliphatic heterocycles. The highest BCUT2D eigenvalue weighted by molar-refractivity contribution is 5.58. The van der Waals surface area contributed by atoms with E-state index in [9.17, 15) is 17.6 Å². The lowest BCUT2D eigenvalue weighted by molar-refractivity contribution is -0.692. The molecule has 2 heterocycles. The Hall–Kier alpha value is -2.55. The van der Waals surface area contributed by atoms with Gasteiger partial charge in [0.2, 0.25) is 0 Å². The first-order chi connectivity index (χ1) is 14.5. The zero-order chi connectivity index (χ0) is 21.1. The number of rotatable bonds is 6. The molecule has 0 fully saturated rings. The molecule has 1 aromatic heterocycles. The Morgan fingerprint density at radius 2 is 1.35 bits per heavy atom. The van der Waals surface area contributed by atoms with Crippen LogP contribution in [0.1, 0.15) is 25.1 Å². The molecular weight excluding hydrogens is 480 g/mol. The molecule has 0 N–H and O–H groups in total. The molecule has 4 nitrogen and oxygen atoms in total. The summed E-state index contributed by atoms with van der Waals surface area (Å²) in [5.74, 6) is 1.33. The summed E-state index contributed by atoms with van der Waals surface area (Å²) in [4.78, 5) is 0. The van der Waals surface area contributed by atoms with Crippen molar-refractivity contribution in [3.05, 3.63) is 60.6 Å². The summed E-state index contributed by atoms with van der Waals surface area (Å²) in [6, 6.07) is 13.1. The first-order valence-corrected chi connectivity index (χ1v) is 9.76. The normalized spacial score (nSPS) is 13.5. The van der Waals surface area contributed by atoms with Crippen molar-refractivity contribution < 1.29 is 48.6 Å². The van der Waals surface area contributed by atoms with E-state index >= 15 is 0 Å². The van der Waals surface area contributed by atoms with Crippen LogP contribution in [-0.2, 0) is 13.0 Å². The predicted molar refractivity (Wildman–Crippen MR) is 102 cm³/mol. The molecule has 1 aliphatic rings. The van der Waals surface area contributed by atoms with E-state index in [0.717, 1.165) is 55.0 Å². The Balaban J connectivity index is 0.00000272. The molecule has 0 radical (unpaired) electrons. The Kier molecular flexibility index (Phi) is 7.59. The van der Waals surface area contributed by atoms with Crippen LogP contribution in [0.5, 0.6) is 11.5 Å². The number of hydrogen-bond acceptors (Lipinski definition) is 2. The molecule has 2 aromatic carbocycles. The van der Waals surface area contributed by atoms with Crippen molar-refractivity contribution in [1.82, 2.24) is 4.57 Å². The Labute approximate surface area is 187 Å². The van der Waals surface area contributed by atoms with Gasteiger partial charge >= 0.3 is 13.2 Å². The third-order valence-corrected chi connectivity index (χ3v) is 5.13. The minimum absolute atomic E-state index is 0. The average Bonchev–Trinajstić information content (AvgIpc) is 2.90. The highest BCUT2D eigenvalue weighted by atomic mass is 79.9. The van der Waals surface area contributed by atoms with Crippen LogP contribution >= 0.6 is 0 Å². The second kappa shape index (κ2) is 10.2. The fourth-order valence-electron chi connectivity index (χ4n) is 3.82. The molecule has 0 spiro atoms. The van der Waals surface area contributed by atoms with Crippen LogP contribution in [0.25, 0.3) is 16.9 Å². The lowest BCUT2D eigenvalue weighted by Crippen LogP contribution is -3.00. The maximum Gasteiger partial charge on any atom is 0.387 e. The monoisotopic (exact) mass is 500 g/mol. The third-order valence-electron chi connectivity index (χ3n) is 5.13. The summed E-state index contributed by atoms with van der Waals surface area (Å²) in [6.07, 6.45) is 6.08. The molecule has 166 valence electrons.